The van der Waals surface area contributed by atoms with E-state index in [1.165, 1.54) is 69.1 Å². The quantitative estimate of drug-likeness (QED) is 0.428. The van der Waals surface area contributed by atoms with E-state index in [9.17, 15) is 4.39 Å². The number of unbranched alkanes of at least 4 members (excludes halogenated alkanes) is 7. The maximum Gasteiger partial charge on any atom is 0.219 e. The van der Waals surface area contributed by atoms with Crippen LogP contribution >= 0.6 is 0 Å². The van der Waals surface area contributed by atoms with Gasteiger partial charge in [-0.2, -0.15) is 0 Å². The van der Waals surface area contributed by atoms with Crippen LogP contribution in [0.4, 0.5) is 4.39 Å². The smallest absolute Gasteiger partial charge is 0.219 e. The number of ether oxygens (including phenoxy) is 1. The van der Waals surface area contributed by atoms with Crippen LogP contribution in [0.25, 0.3) is 0 Å². The first-order valence-corrected chi connectivity index (χ1v) is 9.16. The summed E-state index contributed by atoms with van der Waals surface area (Å²) in [5.41, 5.74) is 1.24. The van der Waals surface area contributed by atoms with Crippen molar-refractivity contribution < 1.29 is 9.13 Å². The number of aromatic nitrogens is 1. The Morgan fingerprint density at radius 2 is 1.50 bits per heavy atom. The molecule has 0 radical (unpaired) electrons. The molecule has 0 aliphatic rings. The van der Waals surface area contributed by atoms with Crippen LogP contribution in [-0.4, -0.2) is 4.98 Å². The van der Waals surface area contributed by atoms with Crippen LogP contribution in [0, 0.1) is 5.82 Å². The van der Waals surface area contributed by atoms with Crippen LogP contribution < -0.4 is 4.74 Å². The molecule has 0 amide bonds. The van der Waals surface area contributed by atoms with Gasteiger partial charge in [0.25, 0.3) is 0 Å². The summed E-state index contributed by atoms with van der Waals surface area (Å²) in [4.78, 5) is 4.33. The van der Waals surface area contributed by atoms with Crippen molar-refractivity contribution in [3.05, 3.63) is 54.0 Å². The predicted octanol–water partition coefficient (Wildman–Crippen LogP) is 6.70. The number of nitrogens with zero attached hydrogens (tertiary/aromatic N) is 1. The second-order valence-electron chi connectivity index (χ2n) is 6.29. The highest BCUT2D eigenvalue weighted by Crippen LogP contribution is 2.20. The Morgan fingerprint density at radius 1 is 0.833 bits per heavy atom. The van der Waals surface area contributed by atoms with Crippen molar-refractivity contribution in [3.8, 4) is 11.6 Å². The Morgan fingerprint density at radius 3 is 2.12 bits per heavy atom. The maximum absolute atomic E-state index is 12.9. The minimum Gasteiger partial charge on any atom is -0.439 e. The van der Waals surface area contributed by atoms with E-state index >= 15 is 0 Å². The molecule has 0 spiro atoms. The molecule has 1 aromatic heterocycles. The second kappa shape index (κ2) is 10.8. The maximum atomic E-state index is 12.9. The molecule has 0 saturated heterocycles. The van der Waals surface area contributed by atoms with E-state index in [4.69, 9.17) is 4.74 Å². The van der Waals surface area contributed by atoms with Gasteiger partial charge < -0.3 is 4.74 Å². The molecule has 0 atom stereocenters. The molecule has 0 N–H and O–H groups in total. The third kappa shape index (κ3) is 7.12. The van der Waals surface area contributed by atoms with Crippen molar-refractivity contribution in [1.29, 1.82) is 0 Å². The van der Waals surface area contributed by atoms with Crippen molar-refractivity contribution in [3.63, 3.8) is 0 Å². The second-order valence-corrected chi connectivity index (χ2v) is 6.29. The summed E-state index contributed by atoms with van der Waals surface area (Å²) in [7, 11) is 0. The Hall–Kier alpha value is -1.90. The van der Waals surface area contributed by atoms with Crippen LogP contribution in [0.2, 0.25) is 0 Å². The molecule has 0 aliphatic heterocycles. The molecule has 2 rings (SSSR count). The van der Waals surface area contributed by atoms with E-state index in [0.717, 1.165) is 6.42 Å². The first kappa shape index (κ1) is 18.4. The molecule has 130 valence electrons. The number of rotatable bonds is 11. The average Bonchev–Trinajstić information content (AvgIpc) is 2.61. The molecule has 0 fully saturated rings. The lowest BCUT2D eigenvalue weighted by Crippen LogP contribution is -1.91. The number of aryl methyl sites for hydroxylation is 1. The molecule has 1 aromatic carbocycles. The van der Waals surface area contributed by atoms with Gasteiger partial charge in [-0.3, -0.25) is 0 Å². The van der Waals surface area contributed by atoms with E-state index in [-0.39, 0.29) is 5.82 Å². The summed E-state index contributed by atoms with van der Waals surface area (Å²) in [6, 6.07) is 9.91. The highest BCUT2D eigenvalue weighted by Gasteiger charge is 2.00. The van der Waals surface area contributed by atoms with E-state index in [1.54, 1.807) is 12.1 Å². The fourth-order valence-electron chi connectivity index (χ4n) is 2.71. The van der Waals surface area contributed by atoms with E-state index in [1.807, 2.05) is 12.3 Å². The highest BCUT2D eigenvalue weighted by atomic mass is 19.1. The van der Waals surface area contributed by atoms with Crippen molar-refractivity contribution in [1.82, 2.24) is 4.98 Å². The molecular formula is C21H28FNO. The Bertz CT molecular complexity index is 565. The van der Waals surface area contributed by atoms with E-state index in [0.29, 0.717) is 11.6 Å². The van der Waals surface area contributed by atoms with Crippen molar-refractivity contribution in [2.24, 2.45) is 0 Å². The van der Waals surface area contributed by atoms with Gasteiger partial charge in [0.1, 0.15) is 11.6 Å². The lowest BCUT2D eigenvalue weighted by atomic mass is 10.1. The summed E-state index contributed by atoms with van der Waals surface area (Å²) < 4.78 is 18.5. The number of hydrogen-bond donors (Lipinski definition) is 0. The van der Waals surface area contributed by atoms with Gasteiger partial charge in [-0.15, -0.1) is 0 Å². The van der Waals surface area contributed by atoms with Gasteiger partial charge in [-0.05, 0) is 42.7 Å². The molecule has 0 saturated carbocycles. The van der Waals surface area contributed by atoms with Gasteiger partial charge >= 0.3 is 0 Å². The van der Waals surface area contributed by atoms with Gasteiger partial charge in [0.05, 0.1) is 0 Å². The first-order chi connectivity index (χ1) is 11.8. The molecule has 2 nitrogen and oxygen atoms in total. The third-order valence-electron chi connectivity index (χ3n) is 4.15. The van der Waals surface area contributed by atoms with Crippen molar-refractivity contribution >= 4 is 0 Å². The largest absolute Gasteiger partial charge is 0.439 e. The van der Waals surface area contributed by atoms with E-state index in [2.05, 4.69) is 18.0 Å². The standard InChI is InChI=1S/C21H28FNO/c1-2-3-4-5-6-7-8-9-10-18-11-16-21(23-17-18)24-20-14-12-19(22)13-15-20/h11-17H,2-10H2,1H3. The summed E-state index contributed by atoms with van der Waals surface area (Å²) in [6.45, 7) is 2.25. The van der Waals surface area contributed by atoms with E-state index < -0.39 is 0 Å². The zero-order chi connectivity index (χ0) is 17.0. The van der Waals surface area contributed by atoms with Gasteiger partial charge in [0, 0.05) is 12.3 Å². The molecule has 0 unspecified atom stereocenters. The highest BCUT2D eigenvalue weighted by molar-refractivity contribution is 5.28. The Kier molecular flexibility index (Phi) is 8.29. The number of hydrogen-bond acceptors (Lipinski definition) is 2. The lowest BCUT2D eigenvalue weighted by Gasteiger charge is -2.06. The zero-order valence-corrected chi connectivity index (χ0v) is 14.6. The normalized spacial score (nSPS) is 10.8. The van der Waals surface area contributed by atoms with Gasteiger partial charge in [0.15, 0.2) is 0 Å². The van der Waals surface area contributed by atoms with Crippen molar-refractivity contribution in [2.75, 3.05) is 0 Å². The predicted molar refractivity (Wildman–Crippen MR) is 97.0 cm³/mol. The molecule has 2 aromatic rings. The minimum atomic E-state index is -0.268. The van der Waals surface area contributed by atoms with Crippen LogP contribution in [-0.2, 0) is 6.42 Å². The molecule has 3 heteroatoms. The van der Waals surface area contributed by atoms with Crippen LogP contribution in [0.15, 0.2) is 42.6 Å². The number of halogens is 1. The fraction of sp³-hybridized carbons (Fsp3) is 0.476. The first-order valence-electron chi connectivity index (χ1n) is 9.16. The van der Waals surface area contributed by atoms with Crippen LogP contribution in [0.1, 0.15) is 63.9 Å². The molecule has 1 heterocycles. The van der Waals surface area contributed by atoms with Gasteiger partial charge in [-0.25, -0.2) is 9.37 Å². The molecule has 0 bridgehead atoms. The lowest BCUT2D eigenvalue weighted by molar-refractivity contribution is 0.460. The minimum absolute atomic E-state index is 0.268. The molecular weight excluding hydrogens is 301 g/mol. The van der Waals surface area contributed by atoms with Crippen molar-refractivity contribution in [2.45, 2.75) is 64.7 Å². The topological polar surface area (TPSA) is 22.1 Å². The molecule has 24 heavy (non-hydrogen) atoms. The third-order valence-corrected chi connectivity index (χ3v) is 4.15. The number of benzene rings is 1. The monoisotopic (exact) mass is 329 g/mol. The fourth-order valence-corrected chi connectivity index (χ4v) is 2.71. The zero-order valence-electron chi connectivity index (χ0n) is 14.6. The summed E-state index contributed by atoms with van der Waals surface area (Å²) in [5, 5.41) is 0. The van der Waals surface area contributed by atoms with Gasteiger partial charge in [-0.1, -0.05) is 57.9 Å². The van der Waals surface area contributed by atoms with Crippen LogP contribution in [0.3, 0.4) is 0 Å². The summed E-state index contributed by atoms with van der Waals surface area (Å²) in [5.74, 6) is 0.872. The Labute approximate surface area is 145 Å². The average molecular weight is 329 g/mol. The van der Waals surface area contributed by atoms with Gasteiger partial charge in [0.2, 0.25) is 5.88 Å². The van der Waals surface area contributed by atoms with Crippen LogP contribution in [0.5, 0.6) is 11.6 Å². The summed E-state index contributed by atoms with van der Waals surface area (Å²) in [6.07, 6.45) is 13.6. The number of pyridine rings is 1. The summed E-state index contributed by atoms with van der Waals surface area (Å²) >= 11 is 0. The molecule has 0 aliphatic carbocycles. The SMILES string of the molecule is CCCCCCCCCCc1ccc(Oc2ccc(F)cc2)nc1. The Balaban J connectivity index is 1.64.